The minimum absolute atomic E-state index is 0.0521. The van der Waals surface area contributed by atoms with Gasteiger partial charge in [-0.1, -0.05) is 0 Å². The molecule has 1 amide bonds. The Kier molecular flexibility index (Phi) is 8.79. The SMILES string of the molecule is CC1CN(c2ccc(-c3cc(NC(=O)c4cn(C)c(=O)cc4C(F)F)c(N4CCN(C)C(C)C4)cc3F)cn2)CC(C)O1. The number of halogens is 3. The first-order valence-electron chi connectivity index (χ1n) is 14.4. The number of hydrogen-bond donors (Lipinski definition) is 1. The Morgan fingerprint density at radius 3 is 2.37 bits per heavy atom. The van der Waals surface area contributed by atoms with Crippen LogP contribution in [0.25, 0.3) is 11.1 Å². The van der Waals surface area contributed by atoms with E-state index in [1.165, 1.54) is 19.2 Å². The lowest BCUT2D eigenvalue weighted by molar-refractivity contribution is -0.00546. The van der Waals surface area contributed by atoms with Crippen LogP contribution in [-0.2, 0) is 11.8 Å². The molecule has 2 aliphatic rings. The van der Waals surface area contributed by atoms with Crippen molar-refractivity contribution in [2.24, 2.45) is 7.05 Å². The van der Waals surface area contributed by atoms with E-state index in [0.29, 0.717) is 37.4 Å². The lowest BCUT2D eigenvalue weighted by Crippen LogP contribution is -2.50. The summed E-state index contributed by atoms with van der Waals surface area (Å²) >= 11 is 0. The van der Waals surface area contributed by atoms with Crippen LogP contribution in [0.1, 0.15) is 43.1 Å². The van der Waals surface area contributed by atoms with Gasteiger partial charge in [0.25, 0.3) is 17.9 Å². The van der Waals surface area contributed by atoms with Gasteiger partial charge in [-0.05, 0) is 52.1 Å². The number of piperazine rings is 1. The molecule has 9 nitrogen and oxygen atoms in total. The van der Waals surface area contributed by atoms with Gasteiger partial charge in [-0.3, -0.25) is 9.59 Å². The number of anilines is 3. The van der Waals surface area contributed by atoms with Gasteiger partial charge >= 0.3 is 0 Å². The Balaban J connectivity index is 1.52. The number of ether oxygens (including phenoxy) is 1. The fraction of sp³-hybridized carbons (Fsp3) is 0.452. The van der Waals surface area contributed by atoms with Crippen LogP contribution in [0.5, 0.6) is 0 Å². The van der Waals surface area contributed by atoms with Crippen molar-refractivity contribution in [2.75, 3.05) is 54.9 Å². The van der Waals surface area contributed by atoms with E-state index in [-0.39, 0.29) is 35.1 Å². The molecule has 1 aromatic carbocycles. The number of benzene rings is 1. The maximum Gasteiger partial charge on any atom is 0.264 e. The van der Waals surface area contributed by atoms with Crippen molar-refractivity contribution in [1.82, 2.24) is 14.5 Å². The molecule has 2 aromatic heterocycles. The summed E-state index contributed by atoms with van der Waals surface area (Å²) < 4.78 is 50.3. The zero-order valence-electron chi connectivity index (χ0n) is 25.0. The van der Waals surface area contributed by atoms with Gasteiger partial charge in [0.15, 0.2) is 0 Å². The van der Waals surface area contributed by atoms with E-state index >= 15 is 4.39 Å². The topological polar surface area (TPSA) is 82.9 Å². The second-order valence-electron chi connectivity index (χ2n) is 11.5. The first-order chi connectivity index (χ1) is 20.4. The summed E-state index contributed by atoms with van der Waals surface area (Å²) in [5, 5.41) is 2.75. The second kappa shape index (κ2) is 12.4. The molecule has 2 fully saturated rings. The molecule has 230 valence electrons. The Hall–Kier alpha value is -3.90. The third kappa shape index (κ3) is 6.54. The van der Waals surface area contributed by atoms with Gasteiger partial charge < -0.3 is 29.3 Å². The average molecular weight is 599 g/mol. The molecular weight excluding hydrogens is 561 g/mol. The van der Waals surface area contributed by atoms with Crippen LogP contribution in [0.4, 0.5) is 30.4 Å². The highest BCUT2D eigenvalue weighted by Crippen LogP contribution is 2.36. The van der Waals surface area contributed by atoms with Crippen molar-refractivity contribution < 1.29 is 22.7 Å². The van der Waals surface area contributed by atoms with Crippen molar-refractivity contribution in [1.29, 1.82) is 0 Å². The van der Waals surface area contributed by atoms with Crippen LogP contribution >= 0.6 is 0 Å². The minimum atomic E-state index is -3.03. The molecule has 0 aliphatic carbocycles. The summed E-state index contributed by atoms with van der Waals surface area (Å²) in [4.78, 5) is 36.3. The average Bonchev–Trinajstić information content (AvgIpc) is 2.96. The Labute approximate surface area is 248 Å². The normalized spacial score (nSPS) is 21.4. The molecule has 3 unspecified atom stereocenters. The molecule has 1 N–H and O–H groups in total. The van der Waals surface area contributed by atoms with Gasteiger partial charge in [0, 0.05) is 81.0 Å². The monoisotopic (exact) mass is 598 g/mol. The number of alkyl halides is 2. The molecule has 2 aliphatic heterocycles. The summed E-state index contributed by atoms with van der Waals surface area (Å²) in [5.74, 6) is -0.578. The highest BCUT2D eigenvalue weighted by Gasteiger charge is 2.27. The molecule has 0 spiro atoms. The molecule has 3 atom stereocenters. The van der Waals surface area contributed by atoms with Crippen molar-refractivity contribution in [3.8, 4) is 11.1 Å². The minimum Gasteiger partial charge on any atom is -0.372 e. The van der Waals surface area contributed by atoms with E-state index in [2.05, 4.69) is 27.0 Å². The number of carbonyl (C=O) groups is 1. The number of pyridine rings is 2. The fourth-order valence-corrected chi connectivity index (χ4v) is 5.71. The molecule has 12 heteroatoms. The zero-order chi connectivity index (χ0) is 31.0. The highest BCUT2D eigenvalue weighted by molar-refractivity contribution is 6.07. The maximum atomic E-state index is 15.8. The van der Waals surface area contributed by atoms with E-state index < -0.39 is 29.3 Å². The Morgan fingerprint density at radius 1 is 1.02 bits per heavy atom. The smallest absolute Gasteiger partial charge is 0.264 e. The summed E-state index contributed by atoms with van der Waals surface area (Å²) in [6.07, 6.45) is -0.244. The van der Waals surface area contributed by atoms with Crippen molar-refractivity contribution >= 4 is 23.1 Å². The number of aryl methyl sites for hydroxylation is 1. The van der Waals surface area contributed by atoms with Gasteiger partial charge in [0.05, 0.1) is 29.1 Å². The van der Waals surface area contributed by atoms with Crippen LogP contribution in [0, 0.1) is 5.82 Å². The van der Waals surface area contributed by atoms with Gasteiger partial charge in [-0.25, -0.2) is 18.2 Å². The van der Waals surface area contributed by atoms with Crippen LogP contribution in [0.3, 0.4) is 0 Å². The van der Waals surface area contributed by atoms with Crippen molar-refractivity contribution in [3.63, 3.8) is 0 Å². The summed E-state index contributed by atoms with van der Waals surface area (Å²) in [5.41, 5.74) is -0.228. The largest absolute Gasteiger partial charge is 0.372 e. The lowest BCUT2D eigenvalue weighted by atomic mass is 10.0. The zero-order valence-corrected chi connectivity index (χ0v) is 25.0. The van der Waals surface area contributed by atoms with Crippen LogP contribution < -0.4 is 20.7 Å². The number of nitrogens with one attached hydrogen (secondary N) is 1. The van der Waals surface area contributed by atoms with E-state index in [1.54, 1.807) is 12.3 Å². The van der Waals surface area contributed by atoms with Crippen molar-refractivity contribution in [2.45, 2.75) is 45.4 Å². The van der Waals surface area contributed by atoms with E-state index in [9.17, 15) is 18.4 Å². The number of hydrogen-bond acceptors (Lipinski definition) is 7. The Bertz CT molecular complexity index is 1540. The molecule has 2 saturated heterocycles. The predicted molar refractivity (Wildman–Crippen MR) is 161 cm³/mol. The summed E-state index contributed by atoms with van der Waals surface area (Å²) in [6, 6.07) is 7.42. The third-order valence-electron chi connectivity index (χ3n) is 8.18. The highest BCUT2D eigenvalue weighted by atomic mass is 19.3. The van der Waals surface area contributed by atoms with E-state index in [1.807, 2.05) is 31.9 Å². The number of morpholine rings is 1. The van der Waals surface area contributed by atoms with Crippen LogP contribution in [0.15, 0.2) is 47.5 Å². The van der Waals surface area contributed by atoms with E-state index in [0.717, 1.165) is 29.2 Å². The van der Waals surface area contributed by atoms with E-state index in [4.69, 9.17) is 4.74 Å². The number of aromatic nitrogens is 2. The molecule has 43 heavy (non-hydrogen) atoms. The predicted octanol–water partition coefficient (Wildman–Crippen LogP) is 4.53. The molecule has 4 heterocycles. The molecule has 0 saturated carbocycles. The second-order valence-corrected chi connectivity index (χ2v) is 11.5. The quantitative estimate of drug-likeness (QED) is 0.447. The summed E-state index contributed by atoms with van der Waals surface area (Å²) in [7, 11) is 3.39. The maximum absolute atomic E-state index is 15.8. The molecule has 5 rings (SSSR count). The van der Waals surface area contributed by atoms with Crippen LogP contribution in [-0.4, -0.2) is 78.4 Å². The molecule has 0 bridgehead atoms. The number of amides is 1. The fourth-order valence-electron chi connectivity index (χ4n) is 5.71. The van der Waals surface area contributed by atoms with Gasteiger partial charge in [-0.2, -0.15) is 0 Å². The third-order valence-corrected chi connectivity index (χ3v) is 8.18. The number of rotatable bonds is 6. The molecular formula is C31H37F3N6O3. The number of nitrogens with zero attached hydrogens (tertiary/aromatic N) is 5. The van der Waals surface area contributed by atoms with Gasteiger partial charge in [-0.15, -0.1) is 0 Å². The standard InChI is InChI=1S/C31H37F3N6O3/c1-18-14-39(9-8-37(18)4)27-12-25(32)22(21-6-7-28(35-13-21)40-15-19(2)43-20(3)16-40)10-26(27)36-31(42)24-17-38(5)29(41)11-23(24)30(33)34/h6-7,10-13,17-20,30H,8-9,14-16H2,1-5H3,(H,36,42). The lowest BCUT2D eigenvalue weighted by Gasteiger charge is -2.39. The number of likely N-dealkylation sites (N-methyl/N-ethyl adjacent to an activating group) is 1. The van der Waals surface area contributed by atoms with Gasteiger partial charge in [0.2, 0.25) is 0 Å². The molecule has 3 aromatic rings. The Morgan fingerprint density at radius 2 is 1.74 bits per heavy atom. The van der Waals surface area contributed by atoms with Crippen molar-refractivity contribution in [3.05, 3.63) is 70.0 Å². The first-order valence-corrected chi connectivity index (χ1v) is 14.4. The summed E-state index contributed by atoms with van der Waals surface area (Å²) in [6.45, 7) is 9.31. The van der Waals surface area contributed by atoms with Crippen LogP contribution in [0.2, 0.25) is 0 Å². The first kappa shape index (κ1) is 30.6. The number of carbonyl (C=O) groups excluding carboxylic acids is 1. The van der Waals surface area contributed by atoms with Gasteiger partial charge in [0.1, 0.15) is 11.6 Å². The molecule has 0 radical (unpaired) electrons.